The van der Waals surface area contributed by atoms with E-state index < -0.39 is 0 Å². The molecule has 0 fully saturated rings. The highest BCUT2D eigenvalue weighted by molar-refractivity contribution is 5.65. The molecule has 0 amide bonds. The molecule has 0 saturated heterocycles. The lowest BCUT2D eigenvalue weighted by Gasteiger charge is -1.98. The minimum atomic E-state index is -0.270. The van der Waals surface area contributed by atoms with Crippen LogP contribution in [0.5, 0.6) is 0 Å². The van der Waals surface area contributed by atoms with Gasteiger partial charge in [-0.3, -0.25) is 4.79 Å². The number of unbranched alkanes of at least 4 members (excludes halogenated alkanes) is 1. The van der Waals surface area contributed by atoms with Gasteiger partial charge in [0.1, 0.15) is 0 Å². The predicted molar refractivity (Wildman–Crippen MR) is 39.9 cm³/mol. The zero-order valence-electron chi connectivity index (χ0n) is 6.49. The van der Waals surface area contributed by atoms with Gasteiger partial charge in [0.25, 0.3) is 0 Å². The third-order valence-corrected chi connectivity index (χ3v) is 1.02. The van der Waals surface area contributed by atoms with Crippen LogP contribution in [0.2, 0.25) is 0 Å². The summed E-state index contributed by atoms with van der Waals surface area (Å²) in [6.07, 6.45) is 1.51. The van der Waals surface area contributed by atoms with Crippen LogP contribution in [0.4, 0.5) is 0 Å². The molecular weight excluding hydrogens is 146 g/mol. The number of azide groups is 1. The lowest BCUT2D eigenvalue weighted by Crippen LogP contribution is -2.00. The highest BCUT2D eigenvalue weighted by atomic mass is 16.5. The topological polar surface area (TPSA) is 75.1 Å². The van der Waals surface area contributed by atoms with Crippen LogP contribution in [0.1, 0.15) is 19.8 Å². The molecule has 0 radical (unpaired) electrons. The van der Waals surface area contributed by atoms with Crippen molar-refractivity contribution in [3.8, 4) is 0 Å². The van der Waals surface area contributed by atoms with Crippen molar-refractivity contribution < 1.29 is 9.53 Å². The number of esters is 1. The molecule has 0 aliphatic heterocycles. The molecule has 5 heteroatoms. The zero-order chi connectivity index (χ0) is 8.53. The molecule has 62 valence electrons. The molecule has 0 aromatic carbocycles. The van der Waals surface area contributed by atoms with Gasteiger partial charge in [0.15, 0.2) is 0 Å². The number of carbonyl (C=O) groups excluding carboxylic acids is 1. The number of hydrogen-bond donors (Lipinski definition) is 0. The van der Waals surface area contributed by atoms with E-state index in [-0.39, 0.29) is 5.97 Å². The first-order valence-corrected chi connectivity index (χ1v) is 3.41. The summed E-state index contributed by atoms with van der Waals surface area (Å²) in [6, 6.07) is 0. The molecule has 0 saturated carbocycles. The van der Waals surface area contributed by atoms with Gasteiger partial charge in [0.2, 0.25) is 0 Å². The first kappa shape index (κ1) is 9.78. The summed E-state index contributed by atoms with van der Waals surface area (Å²) in [6.45, 7) is 2.25. The lowest BCUT2D eigenvalue weighted by atomic mass is 10.3. The van der Waals surface area contributed by atoms with E-state index in [1.807, 2.05) is 0 Å². The van der Waals surface area contributed by atoms with E-state index in [2.05, 4.69) is 14.8 Å². The fraction of sp³-hybridized carbons (Fsp3) is 0.833. The van der Waals surface area contributed by atoms with E-state index in [4.69, 9.17) is 5.53 Å². The first-order chi connectivity index (χ1) is 5.27. The molecule has 0 unspecified atom stereocenters. The van der Waals surface area contributed by atoms with Gasteiger partial charge in [-0.2, -0.15) is 0 Å². The third kappa shape index (κ3) is 8.78. The van der Waals surface area contributed by atoms with E-state index in [0.717, 1.165) is 12.8 Å². The minimum absolute atomic E-state index is 0.270. The van der Waals surface area contributed by atoms with E-state index in [1.54, 1.807) is 0 Å². The average molecular weight is 157 g/mol. The highest BCUT2D eigenvalue weighted by Gasteiger charge is 1.91. The summed E-state index contributed by atoms with van der Waals surface area (Å²) in [5.41, 5.74) is 7.88. The second kappa shape index (κ2) is 6.89. The van der Waals surface area contributed by atoms with Crippen molar-refractivity contribution in [3.05, 3.63) is 10.4 Å². The predicted octanol–water partition coefficient (Wildman–Crippen LogP) is 1.64. The van der Waals surface area contributed by atoms with Gasteiger partial charge in [-0.05, 0) is 18.4 Å². The van der Waals surface area contributed by atoms with Gasteiger partial charge >= 0.3 is 5.97 Å². The van der Waals surface area contributed by atoms with Crippen LogP contribution in [0, 0.1) is 0 Å². The van der Waals surface area contributed by atoms with Crippen LogP contribution in [0.25, 0.3) is 10.4 Å². The summed E-state index contributed by atoms with van der Waals surface area (Å²) >= 11 is 0. The van der Waals surface area contributed by atoms with E-state index >= 15 is 0 Å². The summed E-state index contributed by atoms with van der Waals surface area (Å²) in [7, 11) is 0. The average Bonchev–Trinajstić information content (AvgIpc) is 1.96. The summed E-state index contributed by atoms with van der Waals surface area (Å²) in [5.74, 6) is -0.270. The summed E-state index contributed by atoms with van der Waals surface area (Å²) in [5, 5.41) is 3.33. The Labute approximate surface area is 65.0 Å². The Morgan fingerprint density at radius 1 is 1.64 bits per heavy atom. The van der Waals surface area contributed by atoms with E-state index in [1.165, 1.54) is 6.92 Å². The smallest absolute Gasteiger partial charge is 0.302 e. The fourth-order valence-electron chi connectivity index (χ4n) is 0.545. The largest absolute Gasteiger partial charge is 0.466 e. The molecule has 0 rings (SSSR count). The molecule has 0 atom stereocenters. The molecule has 0 heterocycles. The van der Waals surface area contributed by atoms with Gasteiger partial charge in [-0.25, -0.2) is 0 Å². The highest BCUT2D eigenvalue weighted by Crippen LogP contribution is 1.91. The van der Waals surface area contributed by atoms with Crippen LogP contribution in [-0.4, -0.2) is 19.1 Å². The maximum Gasteiger partial charge on any atom is 0.302 e. The Hall–Kier alpha value is -1.22. The minimum Gasteiger partial charge on any atom is -0.466 e. The number of carbonyl (C=O) groups is 1. The molecule has 0 N–H and O–H groups in total. The molecular formula is C6H11N3O2. The normalized spacial score (nSPS) is 8.45. The van der Waals surface area contributed by atoms with E-state index in [0.29, 0.717) is 13.2 Å². The van der Waals surface area contributed by atoms with Crippen molar-refractivity contribution in [1.82, 2.24) is 0 Å². The van der Waals surface area contributed by atoms with E-state index in [9.17, 15) is 4.79 Å². The van der Waals surface area contributed by atoms with Crippen LogP contribution in [0.15, 0.2) is 5.11 Å². The Balaban J connectivity index is 3.02. The molecule has 0 bridgehead atoms. The van der Waals surface area contributed by atoms with Crippen molar-refractivity contribution in [1.29, 1.82) is 0 Å². The number of hydrogen-bond acceptors (Lipinski definition) is 3. The Morgan fingerprint density at radius 2 is 2.36 bits per heavy atom. The van der Waals surface area contributed by atoms with Crippen molar-refractivity contribution in [3.63, 3.8) is 0 Å². The number of ether oxygens (including phenoxy) is 1. The van der Waals surface area contributed by atoms with Gasteiger partial charge < -0.3 is 4.74 Å². The zero-order valence-corrected chi connectivity index (χ0v) is 6.49. The van der Waals surface area contributed by atoms with Crippen molar-refractivity contribution in [2.75, 3.05) is 13.2 Å². The number of nitrogens with zero attached hydrogens (tertiary/aromatic N) is 3. The van der Waals surface area contributed by atoms with Gasteiger partial charge in [-0.15, -0.1) is 0 Å². The van der Waals surface area contributed by atoms with Crippen LogP contribution < -0.4 is 0 Å². The first-order valence-electron chi connectivity index (χ1n) is 3.41. The molecule has 0 aliphatic carbocycles. The molecule has 0 aliphatic rings. The standard InChI is InChI=1S/C6H11N3O2/c1-6(10)11-5-3-2-4-8-9-7/h2-5H2,1H3. The Bertz CT molecular complexity index is 159. The molecule has 0 aromatic heterocycles. The van der Waals surface area contributed by atoms with Gasteiger partial charge in [0.05, 0.1) is 6.61 Å². The van der Waals surface area contributed by atoms with Gasteiger partial charge in [0, 0.05) is 18.4 Å². The Morgan fingerprint density at radius 3 is 2.91 bits per heavy atom. The second-order valence-electron chi connectivity index (χ2n) is 2.00. The maximum atomic E-state index is 10.2. The summed E-state index contributed by atoms with van der Waals surface area (Å²) < 4.78 is 4.65. The van der Waals surface area contributed by atoms with Crippen LogP contribution in [-0.2, 0) is 9.53 Å². The third-order valence-electron chi connectivity index (χ3n) is 1.02. The summed E-state index contributed by atoms with van der Waals surface area (Å²) in [4.78, 5) is 12.8. The van der Waals surface area contributed by atoms with Crippen molar-refractivity contribution >= 4 is 5.97 Å². The van der Waals surface area contributed by atoms with Crippen LogP contribution in [0.3, 0.4) is 0 Å². The molecule has 11 heavy (non-hydrogen) atoms. The number of rotatable bonds is 5. The quantitative estimate of drug-likeness (QED) is 0.200. The monoisotopic (exact) mass is 157 g/mol. The van der Waals surface area contributed by atoms with Crippen LogP contribution >= 0.6 is 0 Å². The molecule has 0 aromatic rings. The Kier molecular flexibility index (Phi) is 6.13. The second-order valence-corrected chi connectivity index (χ2v) is 2.00. The maximum absolute atomic E-state index is 10.2. The fourth-order valence-corrected chi connectivity index (χ4v) is 0.545. The van der Waals surface area contributed by atoms with Crippen molar-refractivity contribution in [2.45, 2.75) is 19.8 Å². The molecule has 5 nitrogen and oxygen atoms in total. The SMILES string of the molecule is CC(=O)OCCCCN=[N+]=[N-]. The van der Waals surface area contributed by atoms with Crippen molar-refractivity contribution in [2.24, 2.45) is 5.11 Å². The molecule has 0 spiro atoms. The lowest BCUT2D eigenvalue weighted by molar-refractivity contribution is -0.141. The van der Waals surface area contributed by atoms with Gasteiger partial charge in [-0.1, -0.05) is 5.11 Å².